The normalized spacial score (nSPS) is 12.2. The number of benzene rings is 1. The van der Waals surface area contributed by atoms with Gasteiger partial charge in [-0.2, -0.15) is 0 Å². The molecule has 0 fully saturated rings. The van der Waals surface area contributed by atoms with Crippen LogP contribution in [-0.2, 0) is 4.79 Å². The maximum absolute atomic E-state index is 11.9. The predicted octanol–water partition coefficient (Wildman–Crippen LogP) is 1.93. The summed E-state index contributed by atoms with van der Waals surface area (Å²) in [5.74, 6) is -0.0530. The first-order valence-corrected chi connectivity index (χ1v) is 5.81. The zero-order valence-corrected chi connectivity index (χ0v) is 10.6. The van der Waals surface area contributed by atoms with Crippen LogP contribution < -0.4 is 11.1 Å². The number of amides is 1. The van der Waals surface area contributed by atoms with Crippen molar-refractivity contribution in [2.75, 3.05) is 11.9 Å². The molecule has 1 atom stereocenters. The number of aromatic hydroxyl groups is 1. The Morgan fingerprint density at radius 2 is 2.12 bits per heavy atom. The van der Waals surface area contributed by atoms with Crippen LogP contribution in [0.1, 0.15) is 24.5 Å². The van der Waals surface area contributed by atoms with Gasteiger partial charge in [-0.15, -0.1) is 0 Å². The minimum Gasteiger partial charge on any atom is -0.507 e. The van der Waals surface area contributed by atoms with Gasteiger partial charge in [0, 0.05) is 17.8 Å². The van der Waals surface area contributed by atoms with E-state index in [0.717, 1.165) is 5.56 Å². The highest BCUT2D eigenvalue weighted by atomic mass is 16.3. The van der Waals surface area contributed by atoms with Gasteiger partial charge in [0.1, 0.15) is 5.75 Å². The second-order valence-electron chi connectivity index (χ2n) is 4.23. The van der Waals surface area contributed by atoms with Crippen LogP contribution in [0.2, 0.25) is 0 Å². The molecule has 0 bridgehead atoms. The number of aryl methyl sites for hydroxylation is 1. The molecule has 17 heavy (non-hydrogen) atoms. The van der Waals surface area contributed by atoms with Gasteiger partial charge >= 0.3 is 0 Å². The third-order valence-electron chi connectivity index (χ3n) is 3.04. The molecular weight excluding hydrogens is 216 g/mol. The van der Waals surface area contributed by atoms with Gasteiger partial charge in [0.25, 0.3) is 0 Å². The summed E-state index contributed by atoms with van der Waals surface area (Å²) in [7, 11) is 0. The average molecular weight is 236 g/mol. The molecule has 0 aliphatic carbocycles. The molecule has 1 rings (SSSR count). The Balaban J connectivity index is 2.89. The second kappa shape index (κ2) is 5.68. The van der Waals surface area contributed by atoms with Crippen LogP contribution in [0.25, 0.3) is 0 Å². The summed E-state index contributed by atoms with van der Waals surface area (Å²) in [6.45, 7) is 5.86. The van der Waals surface area contributed by atoms with Crippen LogP contribution in [0.15, 0.2) is 12.1 Å². The molecule has 0 saturated carbocycles. The van der Waals surface area contributed by atoms with Gasteiger partial charge in [0.2, 0.25) is 5.91 Å². The molecule has 0 aliphatic rings. The Bertz CT molecular complexity index is 412. The lowest BCUT2D eigenvalue weighted by Gasteiger charge is -2.15. The Morgan fingerprint density at radius 3 is 2.65 bits per heavy atom. The number of carbonyl (C=O) groups excluding carboxylic acids is 1. The number of phenols is 1. The number of hydrogen-bond acceptors (Lipinski definition) is 3. The molecule has 0 aromatic heterocycles. The maximum atomic E-state index is 11.9. The van der Waals surface area contributed by atoms with Crippen molar-refractivity contribution in [2.24, 2.45) is 11.7 Å². The van der Waals surface area contributed by atoms with E-state index in [1.165, 1.54) is 0 Å². The van der Waals surface area contributed by atoms with Crippen molar-refractivity contribution >= 4 is 11.6 Å². The standard InChI is InChI=1S/C13H20N2O2/c1-4-10(7-14)13(17)15-11-6-5-8(2)12(16)9(11)3/h5-6,10,16H,4,7,14H2,1-3H3,(H,15,17). The van der Waals surface area contributed by atoms with Crippen molar-refractivity contribution in [2.45, 2.75) is 27.2 Å². The molecular formula is C13H20N2O2. The average Bonchev–Trinajstić information content (AvgIpc) is 2.31. The summed E-state index contributed by atoms with van der Waals surface area (Å²) in [5.41, 5.74) is 7.65. The molecule has 0 spiro atoms. The van der Waals surface area contributed by atoms with Crippen LogP contribution in [0.4, 0.5) is 5.69 Å². The maximum Gasteiger partial charge on any atom is 0.228 e. The van der Waals surface area contributed by atoms with Crippen molar-refractivity contribution in [3.63, 3.8) is 0 Å². The molecule has 0 aliphatic heterocycles. The van der Waals surface area contributed by atoms with Crippen LogP contribution in [0.3, 0.4) is 0 Å². The molecule has 0 heterocycles. The number of nitrogens with two attached hydrogens (primary N) is 1. The summed E-state index contributed by atoms with van der Waals surface area (Å²) in [6.07, 6.45) is 0.708. The van der Waals surface area contributed by atoms with Gasteiger partial charge in [-0.05, 0) is 31.9 Å². The summed E-state index contributed by atoms with van der Waals surface area (Å²) >= 11 is 0. The van der Waals surface area contributed by atoms with Crippen LogP contribution in [0.5, 0.6) is 5.75 Å². The van der Waals surface area contributed by atoms with Crippen molar-refractivity contribution < 1.29 is 9.90 Å². The highest BCUT2D eigenvalue weighted by Gasteiger charge is 2.16. The van der Waals surface area contributed by atoms with Crippen molar-refractivity contribution in [1.82, 2.24) is 0 Å². The molecule has 1 amide bonds. The first-order valence-electron chi connectivity index (χ1n) is 5.81. The van der Waals surface area contributed by atoms with Gasteiger partial charge in [0.15, 0.2) is 0 Å². The van der Waals surface area contributed by atoms with E-state index in [2.05, 4.69) is 5.32 Å². The molecule has 1 aromatic carbocycles. The predicted molar refractivity (Wildman–Crippen MR) is 69.0 cm³/mol. The molecule has 0 saturated heterocycles. The molecule has 0 radical (unpaired) electrons. The lowest BCUT2D eigenvalue weighted by molar-refractivity contribution is -0.119. The van der Waals surface area contributed by atoms with Gasteiger partial charge < -0.3 is 16.2 Å². The third-order valence-corrected chi connectivity index (χ3v) is 3.04. The monoisotopic (exact) mass is 236 g/mol. The molecule has 1 aromatic rings. The van der Waals surface area contributed by atoms with Crippen LogP contribution in [0, 0.1) is 19.8 Å². The van der Waals surface area contributed by atoms with Crippen molar-refractivity contribution in [3.8, 4) is 5.75 Å². The van der Waals surface area contributed by atoms with E-state index in [9.17, 15) is 9.90 Å². The summed E-state index contributed by atoms with van der Waals surface area (Å²) in [6, 6.07) is 3.58. The Labute approximate surface area is 102 Å². The van der Waals surface area contributed by atoms with E-state index in [1.807, 2.05) is 13.8 Å². The number of anilines is 1. The SMILES string of the molecule is CCC(CN)C(=O)Nc1ccc(C)c(O)c1C. The van der Waals surface area contributed by atoms with E-state index in [1.54, 1.807) is 19.1 Å². The molecule has 4 N–H and O–H groups in total. The van der Waals surface area contributed by atoms with Gasteiger partial charge in [-0.25, -0.2) is 0 Å². The van der Waals surface area contributed by atoms with Crippen molar-refractivity contribution in [3.05, 3.63) is 23.3 Å². The molecule has 94 valence electrons. The number of hydrogen-bond donors (Lipinski definition) is 3. The molecule has 4 heteroatoms. The Hall–Kier alpha value is -1.55. The summed E-state index contributed by atoms with van der Waals surface area (Å²) in [5, 5.41) is 12.6. The highest BCUT2D eigenvalue weighted by Crippen LogP contribution is 2.28. The smallest absolute Gasteiger partial charge is 0.228 e. The number of phenolic OH excluding ortho intramolecular Hbond substituents is 1. The first kappa shape index (κ1) is 13.5. The first-order chi connectivity index (χ1) is 8.01. The number of carbonyl (C=O) groups is 1. The van der Waals surface area contributed by atoms with Crippen molar-refractivity contribution in [1.29, 1.82) is 0 Å². The Kier molecular flexibility index (Phi) is 4.52. The second-order valence-corrected chi connectivity index (χ2v) is 4.23. The fourth-order valence-corrected chi connectivity index (χ4v) is 1.66. The minimum atomic E-state index is -0.183. The molecule has 4 nitrogen and oxygen atoms in total. The summed E-state index contributed by atoms with van der Waals surface area (Å²) in [4.78, 5) is 11.9. The fourth-order valence-electron chi connectivity index (χ4n) is 1.66. The fraction of sp³-hybridized carbons (Fsp3) is 0.462. The lowest BCUT2D eigenvalue weighted by atomic mass is 10.0. The van der Waals surface area contributed by atoms with E-state index < -0.39 is 0 Å². The number of nitrogens with one attached hydrogen (secondary N) is 1. The van der Waals surface area contributed by atoms with E-state index in [0.29, 0.717) is 24.2 Å². The van der Waals surface area contributed by atoms with Crippen LogP contribution >= 0.6 is 0 Å². The van der Waals surface area contributed by atoms with Crippen LogP contribution in [-0.4, -0.2) is 17.6 Å². The van der Waals surface area contributed by atoms with Gasteiger partial charge in [-0.1, -0.05) is 13.0 Å². The zero-order chi connectivity index (χ0) is 13.0. The quantitative estimate of drug-likeness (QED) is 0.747. The Morgan fingerprint density at radius 1 is 1.47 bits per heavy atom. The van der Waals surface area contributed by atoms with E-state index >= 15 is 0 Å². The topological polar surface area (TPSA) is 75.4 Å². The number of rotatable bonds is 4. The highest BCUT2D eigenvalue weighted by molar-refractivity contribution is 5.93. The minimum absolute atomic E-state index is 0.0960. The van der Waals surface area contributed by atoms with E-state index in [-0.39, 0.29) is 17.6 Å². The third kappa shape index (κ3) is 2.97. The molecule has 1 unspecified atom stereocenters. The summed E-state index contributed by atoms with van der Waals surface area (Å²) < 4.78 is 0. The van der Waals surface area contributed by atoms with E-state index in [4.69, 9.17) is 5.73 Å². The lowest BCUT2D eigenvalue weighted by Crippen LogP contribution is -2.28. The van der Waals surface area contributed by atoms with Gasteiger partial charge in [-0.3, -0.25) is 4.79 Å². The largest absolute Gasteiger partial charge is 0.507 e. The zero-order valence-electron chi connectivity index (χ0n) is 10.6. The van der Waals surface area contributed by atoms with Gasteiger partial charge in [0.05, 0.1) is 5.92 Å².